The molecule has 0 unspecified atom stereocenters. The van der Waals surface area contributed by atoms with E-state index in [1.165, 1.54) is 4.52 Å². The molecular formula is C10H12N4O2. The van der Waals surface area contributed by atoms with Gasteiger partial charge in [0.2, 0.25) is 0 Å². The lowest BCUT2D eigenvalue weighted by Crippen LogP contribution is -2.32. The summed E-state index contributed by atoms with van der Waals surface area (Å²) < 4.78 is 2.27. The molecule has 2 aromatic heterocycles. The van der Waals surface area contributed by atoms with Gasteiger partial charge in [-0.05, 0) is 26.3 Å². The highest BCUT2D eigenvalue weighted by Crippen LogP contribution is 2.09. The molecule has 0 fully saturated rings. The van der Waals surface area contributed by atoms with E-state index in [1.54, 1.807) is 13.1 Å². The van der Waals surface area contributed by atoms with Crippen molar-refractivity contribution in [2.45, 2.75) is 20.8 Å². The number of rotatable bonds is 0. The van der Waals surface area contributed by atoms with Gasteiger partial charge in [0.05, 0.1) is 5.56 Å². The number of carbonyl (C=O) groups excluding carboxylic acids is 1. The van der Waals surface area contributed by atoms with Crippen molar-refractivity contribution in [1.82, 2.24) is 14.2 Å². The Morgan fingerprint density at radius 1 is 1.38 bits per heavy atom. The van der Waals surface area contributed by atoms with Crippen LogP contribution in [0.2, 0.25) is 0 Å². The highest BCUT2D eigenvalue weighted by Gasteiger charge is 2.16. The molecule has 0 aromatic carbocycles. The molecule has 0 saturated heterocycles. The zero-order chi connectivity index (χ0) is 12.0. The number of hydrogen-bond acceptors (Lipinski definition) is 3. The summed E-state index contributed by atoms with van der Waals surface area (Å²) in [6.45, 7) is 5.33. The van der Waals surface area contributed by atoms with Crippen LogP contribution in [0.3, 0.4) is 0 Å². The van der Waals surface area contributed by atoms with Crippen LogP contribution in [0.15, 0.2) is 11.0 Å². The van der Waals surface area contributed by atoms with Crippen LogP contribution >= 0.6 is 0 Å². The molecular weight excluding hydrogens is 208 g/mol. The first kappa shape index (κ1) is 10.4. The van der Waals surface area contributed by atoms with Gasteiger partial charge in [-0.3, -0.25) is 4.79 Å². The Bertz CT molecular complexity index is 651. The van der Waals surface area contributed by atoms with E-state index in [0.717, 1.165) is 15.9 Å². The molecule has 6 heteroatoms. The maximum Gasteiger partial charge on any atom is 0.341 e. The van der Waals surface area contributed by atoms with E-state index in [-0.39, 0.29) is 0 Å². The number of aromatic nitrogens is 3. The number of nitrogens with two attached hydrogens (primary N) is 1. The van der Waals surface area contributed by atoms with E-state index in [4.69, 9.17) is 5.73 Å². The molecule has 2 N–H and O–H groups in total. The van der Waals surface area contributed by atoms with Crippen molar-refractivity contribution in [3.8, 4) is 0 Å². The second kappa shape index (κ2) is 3.19. The maximum atomic E-state index is 11.8. The molecule has 2 aromatic rings. The van der Waals surface area contributed by atoms with Crippen molar-refractivity contribution in [1.29, 1.82) is 0 Å². The first-order chi connectivity index (χ1) is 7.43. The summed E-state index contributed by atoms with van der Waals surface area (Å²) in [6, 6.07) is -0.807. The molecule has 6 nitrogen and oxygen atoms in total. The lowest BCUT2D eigenvalue weighted by Gasteiger charge is -2.04. The molecule has 0 radical (unpaired) electrons. The fourth-order valence-electron chi connectivity index (χ4n) is 1.60. The lowest BCUT2D eigenvalue weighted by atomic mass is 10.3. The van der Waals surface area contributed by atoms with Crippen LogP contribution in [0.4, 0.5) is 4.79 Å². The first-order valence-electron chi connectivity index (χ1n) is 4.81. The Morgan fingerprint density at radius 2 is 2.00 bits per heavy atom. The van der Waals surface area contributed by atoms with Crippen LogP contribution in [0, 0.1) is 20.8 Å². The maximum absolute atomic E-state index is 11.8. The van der Waals surface area contributed by atoms with Gasteiger partial charge in [0.15, 0.2) is 5.65 Å². The third-order valence-corrected chi connectivity index (χ3v) is 2.65. The van der Waals surface area contributed by atoms with Gasteiger partial charge in [0.1, 0.15) is 0 Å². The fraction of sp³-hybridized carbons (Fsp3) is 0.300. The highest BCUT2D eigenvalue weighted by molar-refractivity contribution is 5.75. The minimum absolute atomic E-state index is 0.418. The number of nitrogens with zero attached hydrogens (tertiary/aromatic N) is 3. The standard InChI is InChI=1S/C10H12N4O2/c1-5-4-13-8(12-7(5)3)6(2)9(15)14(13)10(11)16/h4H,1-3H3,(H2,11,16). The van der Waals surface area contributed by atoms with E-state index in [1.807, 2.05) is 13.8 Å². The summed E-state index contributed by atoms with van der Waals surface area (Å²) in [4.78, 5) is 27.2. The monoisotopic (exact) mass is 220 g/mol. The predicted molar refractivity (Wildman–Crippen MR) is 58.6 cm³/mol. The van der Waals surface area contributed by atoms with Gasteiger partial charge in [-0.25, -0.2) is 14.3 Å². The molecule has 0 bridgehead atoms. The third-order valence-electron chi connectivity index (χ3n) is 2.65. The molecule has 0 atom stereocenters. The fourth-order valence-corrected chi connectivity index (χ4v) is 1.60. The Balaban J connectivity index is 3.03. The van der Waals surface area contributed by atoms with Gasteiger partial charge in [0.25, 0.3) is 5.56 Å². The number of carbonyl (C=O) groups is 1. The highest BCUT2D eigenvalue weighted by atomic mass is 16.2. The summed E-state index contributed by atoms with van der Waals surface area (Å²) in [5, 5.41) is 0. The Hall–Kier alpha value is -2.11. The van der Waals surface area contributed by atoms with Gasteiger partial charge < -0.3 is 5.73 Å². The second-order valence-electron chi connectivity index (χ2n) is 3.76. The molecule has 0 aliphatic carbocycles. The number of hydrogen-bond donors (Lipinski definition) is 1. The second-order valence-corrected chi connectivity index (χ2v) is 3.76. The molecule has 1 amide bonds. The van der Waals surface area contributed by atoms with E-state index in [9.17, 15) is 9.59 Å². The van der Waals surface area contributed by atoms with E-state index >= 15 is 0 Å². The number of aryl methyl sites for hydroxylation is 3. The van der Waals surface area contributed by atoms with Gasteiger partial charge in [-0.2, -0.15) is 4.68 Å². The summed E-state index contributed by atoms with van der Waals surface area (Å²) in [7, 11) is 0. The molecule has 0 aliphatic rings. The topological polar surface area (TPSA) is 82.4 Å². The van der Waals surface area contributed by atoms with Crippen LogP contribution in [-0.4, -0.2) is 20.2 Å². The molecule has 2 rings (SSSR count). The van der Waals surface area contributed by atoms with E-state index in [2.05, 4.69) is 4.98 Å². The van der Waals surface area contributed by atoms with Crippen LogP contribution < -0.4 is 11.3 Å². The molecule has 0 spiro atoms. The summed E-state index contributed by atoms with van der Waals surface area (Å²) in [5.41, 5.74) is 7.33. The Kier molecular flexibility index (Phi) is 2.08. The molecule has 16 heavy (non-hydrogen) atoms. The van der Waals surface area contributed by atoms with Crippen LogP contribution in [-0.2, 0) is 0 Å². The first-order valence-corrected chi connectivity index (χ1v) is 4.81. The van der Waals surface area contributed by atoms with Crippen molar-refractivity contribution >= 4 is 11.7 Å². The van der Waals surface area contributed by atoms with Crippen molar-refractivity contribution in [3.05, 3.63) is 33.4 Å². The molecule has 0 saturated carbocycles. The summed E-state index contributed by atoms with van der Waals surface area (Å²) in [5.74, 6) is 0. The zero-order valence-corrected chi connectivity index (χ0v) is 9.31. The quantitative estimate of drug-likeness (QED) is 0.695. The van der Waals surface area contributed by atoms with Gasteiger partial charge in [-0.1, -0.05) is 0 Å². The smallest absolute Gasteiger partial charge is 0.341 e. The predicted octanol–water partition coefficient (Wildman–Crippen LogP) is 0.348. The average Bonchev–Trinajstić information content (AvgIpc) is 2.42. The van der Waals surface area contributed by atoms with Crippen LogP contribution in [0.5, 0.6) is 0 Å². The van der Waals surface area contributed by atoms with E-state index < -0.39 is 11.6 Å². The number of amides is 1. The van der Waals surface area contributed by atoms with Crippen molar-refractivity contribution in [3.63, 3.8) is 0 Å². The van der Waals surface area contributed by atoms with Gasteiger partial charge in [0, 0.05) is 11.9 Å². The minimum Gasteiger partial charge on any atom is -0.350 e. The summed E-state index contributed by atoms with van der Waals surface area (Å²) >= 11 is 0. The molecule has 0 aliphatic heterocycles. The minimum atomic E-state index is -0.807. The average molecular weight is 220 g/mol. The van der Waals surface area contributed by atoms with Crippen molar-refractivity contribution < 1.29 is 4.79 Å². The van der Waals surface area contributed by atoms with E-state index in [0.29, 0.717) is 11.2 Å². The zero-order valence-electron chi connectivity index (χ0n) is 9.31. The molecule has 2 heterocycles. The third kappa shape index (κ3) is 1.23. The molecule has 84 valence electrons. The van der Waals surface area contributed by atoms with Crippen molar-refractivity contribution in [2.24, 2.45) is 5.73 Å². The SMILES string of the molecule is Cc1cn2c(nc1C)c(C)c(=O)n2C(N)=O. The Labute approximate surface area is 91.3 Å². The van der Waals surface area contributed by atoms with Crippen molar-refractivity contribution in [2.75, 3.05) is 0 Å². The van der Waals surface area contributed by atoms with Gasteiger partial charge >= 0.3 is 6.03 Å². The summed E-state index contributed by atoms with van der Waals surface area (Å²) in [6.07, 6.45) is 1.68. The van der Waals surface area contributed by atoms with Crippen LogP contribution in [0.25, 0.3) is 5.65 Å². The Morgan fingerprint density at radius 3 is 2.56 bits per heavy atom. The number of fused-ring (bicyclic) bond motifs is 1. The normalized spacial score (nSPS) is 10.9. The number of primary amides is 1. The van der Waals surface area contributed by atoms with Gasteiger partial charge in [-0.15, -0.1) is 0 Å². The largest absolute Gasteiger partial charge is 0.350 e. The lowest BCUT2D eigenvalue weighted by molar-refractivity contribution is 0.246. The van der Waals surface area contributed by atoms with Crippen LogP contribution in [0.1, 0.15) is 16.8 Å².